The molecule has 0 atom stereocenters. The van der Waals surface area contributed by atoms with Gasteiger partial charge in [-0.15, -0.1) is 0 Å². The second-order valence-corrected chi connectivity index (χ2v) is 4.18. The van der Waals surface area contributed by atoms with E-state index in [1.54, 1.807) is 10.9 Å². The number of hydrogen-bond donors (Lipinski definition) is 1. The normalized spacial score (nSPS) is 10.8. The summed E-state index contributed by atoms with van der Waals surface area (Å²) in [6.07, 6.45) is 1.67. The molecule has 0 aliphatic rings. The molecule has 1 aromatic carbocycles. The molecule has 0 bridgehead atoms. The molecule has 0 saturated heterocycles. The summed E-state index contributed by atoms with van der Waals surface area (Å²) in [7, 11) is 1.82. The second-order valence-electron chi connectivity index (χ2n) is 3.84. The van der Waals surface area contributed by atoms with Gasteiger partial charge in [0.05, 0.1) is 5.39 Å². The summed E-state index contributed by atoms with van der Waals surface area (Å²) in [5.41, 5.74) is 1.67. The van der Waals surface area contributed by atoms with Crippen molar-refractivity contribution in [1.82, 2.24) is 19.7 Å². The van der Waals surface area contributed by atoms with Crippen molar-refractivity contribution in [2.45, 2.75) is 0 Å². The van der Waals surface area contributed by atoms with Gasteiger partial charge in [-0.3, -0.25) is 0 Å². The number of halogens is 1. The fourth-order valence-corrected chi connectivity index (χ4v) is 1.90. The van der Waals surface area contributed by atoms with Gasteiger partial charge in [0.25, 0.3) is 0 Å². The van der Waals surface area contributed by atoms with Crippen LogP contribution in [-0.2, 0) is 7.05 Å². The van der Waals surface area contributed by atoms with Gasteiger partial charge >= 0.3 is 0 Å². The smallest absolute Gasteiger partial charge is 0.224 e. The maximum Gasteiger partial charge on any atom is 0.224 e. The predicted octanol–water partition coefficient (Wildman–Crippen LogP) is 2.76. The highest BCUT2D eigenvalue weighted by Crippen LogP contribution is 2.24. The van der Waals surface area contributed by atoms with Crippen molar-refractivity contribution >= 4 is 34.1 Å². The van der Waals surface area contributed by atoms with E-state index in [9.17, 15) is 0 Å². The van der Waals surface area contributed by atoms with Crippen molar-refractivity contribution in [3.05, 3.63) is 41.8 Å². The van der Waals surface area contributed by atoms with Crippen LogP contribution in [0.25, 0.3) is 11.0 Å². The van der Waals surface area contributed by atoms with Crippen molar-refractivity contribution in [2.75, 3.05) is 5.32 Å². The summed E-state index contributed by atoms with van der Waals surface area (Å²) in [6.45, 7) is 0. The minimum Gasteiger partial charge on any atom is -0.338 e. The van der Waals surface area contributed by atoms with Crippen LogP contribution in [-0.4, -0.2) is 19.7 Å². The van der Waals surface area contributed by atoms with E-state index in [0.29, 0.717) is 5.65 Å². The average Bonchev–Trinajstić information content (AvgIpc) is 2.67. The number of para-hydroxylation sites is 1. The molecule has 1 N–H and O–H groups in total. The monoisotopic (exact) mass is 259 g/mol. The first kappa shape index (κ1) is 11.0. The molecule has 0 spiro atoms. The number of nitrogens with one attached hydrogen (secondary N) is 1. The maximum absolute atomic E-state index is 5.78. The molecule has 2 heterocycles. The number of anilines is 2. The Bertz CT molecular complexity index is 692. The predicted molar refractivity (Wildman–Crippen MR) is 71.0 cm³/mol. The first-order chi connectivity index (χ1) is 8.74. The van der Waals surface area contributed by atoms with Crippen LogP contribution in [0.15, 0.2) is 36.5 Å². The second kappa shape index (κ2) is 4.27. The van der Waals surface area contributed by atoms with Gasteiger partial charge in [0, 0.05) is 18.9 Å². The summed E-state index contributed by atoms with van der Waals surface area (Å²) >= 11 is 5.78. The van der Waals surface area contributed by atoms with Crippen LogP contribution in [0.5, 0.6) is 0 Å². The number of benzene rings is 1. The molecular formula is C12H10ClN5. The van der Waals surface area contributed by atoms with Crippen LogP contribution in [0, 0.1) is 0 Å². The average molecular weight is 260 g/mol. The minimum absolute atomic E-state index is 0.219. The molecular weight excluding hydrogens is 250 g/mol. The van der Waals surface area contributed by atoms with Gasteiger partial charge in [-0.25, -0.2) is 9.67 Å². The van der Waals surface area contributed by atoms with E-state index < -0.39 is 0 Å². The van der Waals surface area contributed by atoms with E-state index >= 15 is 0 Å². The molecule has 18 heavy (non-hydrogen) atoms. The summed E-state index contributed by atoms with van der Waals surface area (Å²) in [5.74, 6) is 0.718. The SMILES string of the molecule is Cn1nc(Nc2ccccc2)c2cnc(Cl)nc21. The third-order valence-electron chi connectivity index (χ3n) is 2.59. The zero-order valence-corrected chi connectivity index (χ0v) is 10.4. The molecule has 3 rings (SSSR count). The van der Waals surface area contributed by atoms with Crippen LogP contribution >= 0.6 is 11.6 Å². The van der Waals surface area contributed by atoms with Crippen molar-refractivity contribution in [2.24, 2.45) is 7.05 Å². The van der Waals surface area contributed by atoms with Crippen molar-refractivity contribution in [1.29, 1.82) is 0 Å². The minimum atomic E-state index is 0.219. The van der Waals surface area contributed by atoms with Gasteiger partial charge in [0.1, 0.15) is 0 Å². The number of aryl methyl sites for hydroxylation is 1. The lowest BCUT2D eigenvalue weighted by Gasteiger charge is -2.01. The number of aromatic nitrogens is 4. The molecule has 3 aromatic rings. The molecule has 0 fully saturated rings. The molecule has 6 heteroatoms. The lowest BCUT2D eigenvalue weighted by molar-refractivity contribution is 0.789. The standard InChI is InChI=1S/C12H10ClN5/c1-18-11-9(7-14-12(13)16-11)10(17-18)15-8-5-3-2-4-6-8/h2-7H,1H3,(H,15,17). The zero-order chi connectivity index (χ0) is 12.5. The van der Waals surface area contributed by atoms with E-state index in [1.165, 1.54) is 0 Å². The topological polar surface area (TPSA) is 55.6 Å². The highest BCUT2D eigenvalue weighted by Gasteiger charge is 2.10. The Morgan fingerprint density at radius 1 is 1.22 bits per heavy atom. The Morgan fingerprint density at radius 3 is 2.78 bits per heavy atom. The highest BCUT2D eigenvalue weighted by molar-refractivity contribution is 6.28. The quantitative estimate of drug-likeness (QED) is 0.719. The van der Waals surface area contributed by atoms with E-state index in [1.807, 2.05) is 37.4 Å². The number of hydrogen-bond acceptors (Lipinski definition) is 4. The molecule has 0 radical (unpaired) electrons. The number of rotatable bonds is 2. The lowest BCUT2D eigenvalue weighted by atomic mass is 10.3. The van der Waals surface area contributed by atoms with Gasteiger partial charge in [0.15, 0.2) is 11.5 Å². The summed E-state index contributed by atoms with van der Waals surface area (Å²) < 4.78 is 1.67. The molecule has 5 nitrogen and oxygen atoms in total. The summed E-state index contributed by atoms with van der Waals surface area (Å²) in [5, 5.41) is 8.66. The first-order valence-electron chi connectivity index (χ1n) is 5.41. The summed E-state index contributed by atoms with van der Waals surface area (Å²) in [4.78, 5) is 8.14. The van der Waals surface area contributed by atoms with Crippen molar-refractivity contribution in [3.8, 4) is 0 Å². The van der Waals surface area contributed by atoms with Gasteiger partial charge in [0.2, 0.25) is 5.28 Å². The molecule has 0 aliphatic heterocycles. The Kier molecular flexibility index (Phi) is 2.60. The fourth-order valence-electron chi connectivity index (χ4n) is 1.77. The first-order valence-corrected chi connectivity index (χ1v) is 5.79. The zero-order valence-electron chi connectivity index (χ0n) is 9.63. The van der Waals surface area contributed by atoms with Gasteiger partial charge in [-0.05, 0) is 23.7 Å². The van der Waals surface area contributed by atoms with Crippen LogP contribution in [0.1, 0.15) is 0 Å². The van der Waals surface area contributed by atoms with Gasteiger partial charge < -0.3 is 5.32 Å². The number of fused-ring (bicyclic) bond motifs is 1. The maximum atomic E-state index is 5.78. The third kappa shape index (κ3) is 1.89. The summed E-state index contributed by atoms with van der Waals surface area (Å²) in [6, 6.07) is 9.82. The van der Waals surface area contributed by atoms with E-state index in [0.717, 1.165) is 16.9 Å². The van der Waals surface area contributed by atoms with E-state index in [2.05, 4.69) is 20.4 Å². The Labute approximate surface area is 108 Å². The van der Waals surface area contributed by atoms with Gasteiger partial charge in [-0.1, -0.05) is 18.2 Å². The fraction of sp³-hybridized carbons (Fsp3) is 0.0833. The van der Waals surface area contributed by atoms with Crippen LogP contribution in [0.3, 0.4) is 0 Å². The molecule has 0 amide bonds. The molecule has 90 valence electrons. The molecule has 0 saturated carbocycles. The third-order valence-corrected chi connectivity index (χ3v) is 2.77. The Balaban J connectivity index is 2.08. The van der Waals surface area contributed by atoms with E-state index in [4.69, 9.17) is 11.6 Å². The molecule has 2 aromatic heterocycles. The highest BCUT2D eigenvalue weighted by atomic mass is 35.5. The van der Waals surface area contributed by atoms with Crippen LogP contribution in [0.2, 0.25) is 5.28 Å². The van der Waals surface area contributed by atoms with E-state index in [-0.39, 0.29) is 5.28 Å². The Morgan fingerprint density at radius 2 is 2.00 bits per heavy atom. The molecule has 0 aliphatic carbocycles. The lowest BCUT2D eigenvalue weighted by Crippen LogP contribution is -1.94. The van der Waals surface area contributed by atoms with Crippen molar-refractivity contribution in [3.63, 3.8) is 0 Å². The van der Waals surface area contributed by atoms with Crippen LogP contribution < -0.4 is 5.32 Å². The van der Waals surface area contributed by atoms with Crippen molar-refractivity contribution < 1.29 is 0 Å². The van der Waals surface area contributed by atoms with Crippen LogP contribution in [0.4, 0.5) is 11.5 Å². The molecule has 0 unspecified atom stereocenters. The largest absolute Gasteiger partial charge is 0.338 e. The number of nitrogens with zero attached hydrogens (tertiary/aromatic N) is 4. The Hall–Kier alpha value is -2.14. The van der Waals surface area contributed by atoms with Gasteiger partial charge in [-0.2, -0.15) is 10.1 Å².